The van der Waals surface area contributed by atoms with Crippen LogP contribution in [0, 0.1) is 30.4 Å². The molecule has 3 saturated heterocycles. The van der Waals surface area contributed by atoms with Crippen LogP contribution in [-0.2, 0) is 23.2 Å². The third-order valence-corrected chi connectivity index (χ3v) is 12.8. The molecule has 2 aromatic carbocycles. The number of carbonyl (C=O) groups is 3. The van der Waals surface area contributed by atoms with Crippen molar-refractivity contribution >= 4 is 34.7 Å². The van der Waals surface area contributed by atoms with Crippen LogP contribution in [0.1, 0.15) is 72.1 Å². The molecule has 0 spiro atoms. The second-order valence-electron chi connectivity index (χ2n) is 17.4. The first-order valence-electron chi connectivity index (χ1n) is 21.3. The van der Waals surface area contributed by atoms with Gasteiger partial charge in [0.15, 0.2) is 5.78 Å². The molecule has 7 heterocycles. The fraction of sp³-hybridized carbons (Fsp3) is 0.489. The molecule has 9 rings (SSSR count). The minimum atomic E-state index is -0.999. The highest BCUT2D eigenvalue weighted by Crippen LogP contribution is 2.39. The van der Waals surface area contributed by atoms with Crippen LogP contribution in [0.4, 0.5) is 25.8 Å². The molecule has 2 aromatic heterocycles. The van der Waals surface area contributed by atoms with Gasteiger partial charge in [0.1, 0.15) is 17.8 Å². The maximum Gasteiger partial charge on any atom is 0.234 e. The molecule has 316 valence electrons. The van der Waals surface area contributed by atoms with Crippen molar-refractivity contribution in [1.29, 1.82) is 0 Å². The van der Waals surface area contributed by atoms with Crippen molar-refractivity contribution in [1.82, 2.24) is 29.9 Å². The molecule has 5 aliphatic rings. The molecule has 2 bridgehead atoms. The molecular formula is C45H53F2N9O4. The summed E-state index contributed by atoms with van der Waals surface area (Å²) in [6, 6.07) is 13.0. The molecule has 5 aliphatic heterocycles. The Morgan fingerprint density at radius 1 is 0.933 bits per heavy atom. The summed E-state index contributed by atoms with van der Waals surface area (Å²) in [5.74, 6) is -2.06. The van der Waals surface area contributed by atoms with E-state index in [9.17, 15) is 14.4 Å². The van der Waals surface area contributed by atoms with Crippen LogP contribution in [0.2, 0.25) is 0 Å². The van der Waals surface area contributed by atoms with E-state index >= 15 is 8.78 Å². The first-order valence-corrected chi connectivity index (χ1v) is 21.3. The standard InChI is InChI=1S/C45H53F2N9O4/c1-27-5-4-14-60-45-34(21-48-52(45)3)38-17-31(15-28(2)49-38)40(57)20-41-50-37-8-6-29(16-39(37)56(41)22-27)23-53-10-12-54(13-11-53)24-30-25-55(26-30)32-18-35(46)43(36(47)19-32)33-7-9-42(58)51-44(33)59/h6,8,15-19,21,27,30,33,41,50H,4-5,7,9-14,20,22-26H2,1-3H3,(H,51,58,59)/t27-,33-,41?/m1/s1. The summed E-state index contributed by atoms with van der Waals surface area (Å²) >= 11 is 0. The number of aromatic nitrogens is 3. The summed E-state index contributed by atoms with van der Waals surface area (Å²) in [7, 11) is 1.86. The predicted octanol–water partition coefficient (Wildman–Crippen LogP) is 5.48. The van der Waals surface area contributed by atoms with Gasteiger partial charge in [0.25, 0.3) is 0 Å². The van der Waals surface area contributed by atoms with E-state index in [4.69, 9.17) is 9.72 Å². The summed E-state index contributed by atoms with van der Waals surface area (Å²) in [6.45, 7) is 12.5. The van der Waals surface area contributed by atoms with Crippen LogP contribution in [0.25, 0.3) is 11.3 Å². The van der Waals surface area contributed by atoms with Crippen molar-refractivity contribution < 1.29 is 27.9 Å². The number of aryl methyl sites for hydroxylation is 2. The van der Waals surface area contributed by atoms with Gasteiger partial charge in [0.2, 0.25) is 17.7 Å². The molecule has 60 heavy (non-hydrogen) atoms. The molecule has 13 nitrogen and oxygen atoms in total. The zero-order chi connectivity index (χ0) is 41.7. The normalized spacial score (nSPS) is 23.1. The Morgan fingerprint density at radius 2 is 1.70 bits per heavy atom. The Kier molecular flexibility index (Phi) is 11.0. The number of Topliss-reactive ketones (excluding diaryl/α,β-unsaturated/α-hetero) is 1. The van der Waals surface area contributed by atoms with E-state index in [-0.39, 0.29) is 30.4 Å². The number of piperidine rings is 1. The number of fused-ring (bicyclic) bond motifs is 7. The SMILES string of the molecule is Cc1cc2cc(n1)-c1cnn(C)c1OCCC[C@@H](C)CN1c3cc(CN4CCN(CC5CN(c6cc(F)c([C@H]7CCC(=O)NC7=O)c(F)c6)C5)CC4)ccc3NC1CC2=O. The van der Waals surface area contributed by atoms with Gasteiger partial charge in [0, 0.05) is 107 Å². The van der Waals surface area contributed by atoms with Crippen LogP contribution in [-0.4, -0.2) is 107 Å². The Balaban J connectivity index is 0.803. The van der Waals surface area contributed by atoms with Crippen molar-refractivity contribution in [2.75, 3.05) is 74.1 Å². The summed E-state index contributed by atoms with van der Waals surface area (Å²) in [5, 5.41) is 10.3. The average Bonchev–Trinajstić information content (AvgIpc) is 3.73. The number of ether oxygens (including phenoxy) is 1. The number of carbonyl (C=O) groups excluding carboxylic acids is 3. The Labute approximate surface area is 349 Å². The molecule has 2 amide bonds. The van der Waals surface area contributed by atoms with Gasteiger partial charge in [-0.15, -0.1) is 0 Å². The number of imide groups is 1. The summed E-state index contributed by atoms with van der Waals surface area (Å²) in [4.78, 5) is 51.9. The lowest BCUT2D eigenvalue weighted by Crippen LogP contribution is -2.54. The topological polar surface area (TPSA) is 128 Å². The highest BCUT2D eigenvalue weighted by Gasteiger charge is 2.36. The third-order valence-electron chi connectivity index (χ3n) is 12.8. The van der Waals surface area contributed by atoms with Gasteiger partial charge in [-0.25, -0.2) is 13.5 Å². The number of hydrogen-bond acceptors (Lipinski definition) is 11. The molecule has 4 aromatic rings. The molecule has 0 saturated carbocycles. The third kappa shape index (κ3) is 8.21. The zero-order valence-corrected chi connectivity index (χ0v) is 34.6. The second-order valence-corrected chi connectivity index (χ2v) is 17.4. The van der Waals surface area contributed by atoms with Crippen molar-refractivity contribution in [3.63, 3.8) is 0 Å². The number of nitrogens with one attached hydrogen (secondary N) is 2. The lowest BCUT2D eigenvalue weighted by Gasteiger charge is -2.45. The number of hydrogen-bond donors (Lipinski definition) is 2. The quantitative estimate of drug-likeness (QED) is 0.240. The smallest absolute Gasteiger partial charge is 0.234 e. The second kappa shape index (κ2) is 16.6. The summed E-state index contributed by atoms with van der Waals surface area (Å²) in [6.07, 6.45) is 3.95. The van der Waals surface area contributed by atoms with E-state index < -0.39 is 29.4 Å². The Morgan fingerprint density at radius 3 is 2.47 bits per heavy atom. The number of halogens is 2. The maximum atomic E-state index is 15.1. The van der Waals surface area contributed by atoms with Crippen LogP contribution in [0.5, 0.6) is 5.88 Å². The number of benzene rings is 2. The van der Waals surface area contributed by atoms with Crippen molar-refractivity contribution in [2.24, 2.45) is 18.9 Å². The van der Waals surface area contributed by atoms with E-state index in [1.165, 1.54) is 17.7 Å². The number of anilines is 3. The zero-order valence-electron chi connectivity index (χ0n) is 34.6. The summed E-state index contributed by atoms with van der Waals surface area (Å²) in [5.41, 5.74) is 6.53. The maximum absolute atomic E-state index is 15.1. The van der Waals surface area contributed by atoms with Crippen molar-refractivity contribution in [3.05, 3.63) is 82.7 Å². The van der Waals surface area contributed by atoms with Gasteiger partial charge in [-0.1, -0.05) is 13.0 Å². The molecule has 0 radical (unpaired) electrons. The number of ketones is 1. The van der Waals surface area contributed by atoms with E-state index in [0.717, 1.165) is 81.3 Å². The van der Waals surface area contributed by atoms with Gasteiger partial charge in [-0.2, -0.15) is 5.10 Å². The first kappa shape index (κ1) is 40.0. The van der Waals surface area contributed by atoms with E-state index in [2.05, 4.69) is 55.6 Å². The number of piperazine rings is 1. The number of pyridine rings is 1. The number of amides is 2. The number of nitrogens with zero attached hydrogens (tertiary/aromatic N) is 7. The monoisotopic (exact) mass is 821 g/mol. The summed E-state index contributed by atoms with van der Waals surface area (Å²) < 4.78 is 38.3. The van der Waals surface area contributed by atoms with Gasteiger partial charge in [-0.05, 0) is 74.1 Å². The van der Waals surface area contributed by atoms with E-state index in [1.54, 1.807) is 10.9 Å². The minimum Gasteiger partial charge on any atom is -0.477 e. The molecule has 15 heteroatoms. The number of rotatable bonds is 6. The Bertz CT molecular complexity index is 2280. The van der Waals surface area contributed by atoms with Gasteiger partial charge >= 0.3 is 0 Å². The highest BCUT2D eigenvalue weighted by molar-refractivity contribution is 6.01. The molecule has 3 atom stereocenters. The molecule has 3 fully saturated rings. The van der Waals surface area contributed by atoms with Gasteiger partial charge < -0.3 is 24.8 Å². The highest BCUT2D eigenvalue weighted by atomic mass is 19.1. The lowest BCUT2D eigenvalue weighted by molar-refractivity contribution is -0.134. The van der Waals surface area contributed by atoms with Gasteiger partial charge in [0.05, 0.1) is 41.4 Å². The fourth-order valence-electron chi connectivity index (χ4n) is 9.61. The molecular weight excluding hydrogens is 769 g/mol. The van der Waals surface area contributed by atoms with E-state index in [0.29, 0.717) is 60.8 Å². The molecule has 1 unspecified atom stereocenters. The Hall–Kier alpha value is -5.41. The lowest BCUT2D eigenvalue weighted by atomic mass is 9.89. The largest absolute Gasteiger partial charge is 0.477 e. The van der Waals surface area contributed by atoms with Gasteiger partial charge in [-0.3, -0.25) is 29.6 Å². The molecule has 2 N–H and O–H groups in total. The van der Waals surface area contributed by atoms with Crippen LogP contribution < -0.4 is 25.2 Å². The first-order chi connectivity index (χ1) is 28.9. The minimum absolute atomic E-state index is 0.0575. The van der Waals surface area contributed by atoms with Crippen LogP contribution in [0.3, 0.4) is 0 Å². The fourth-order valence-corrected chi connectivity index (χ4v) is 9.61. The molecule has 0 aliphatic carbocycles. The van der Waals surface area contributed by atoms with E-state index in [1.807, 2.05) is 31.0 Å². The predicted molar refractivity (Wildman–Crippen MR) is 224 cm³/mol. The van der Waals surface area contributed by atoms with Crippen LogP contribution >= 0.6 is 0 Å². The van der Waals surface area contributed by atoms with Crippen molar-refractivity contribution in [2.45, 2.75) is 64.6 Å². The average molecular weight is 822 g/mol. The van der Waals surface area contributed by atoms with Crippen molar-refractivity contribution in [3.8, 4) is 17.1 Å². The van der Waals surface area contributed by atoms with Crippen LogP contribution in [0.15, 0.2) is 48.7 Å².